The van der Waals surface area contributed by atoms with Crippen LogP contribution < -0.4 is 0 Å². The van der Waals surface area contributed by atoms with E-state index < -0.39 is 0 Å². The fraction of sp³-hybridized carbons (Fsp3) is 0.385. The van der Waals surface area contributed by atoms with E-state index in [1.54, 1.807) is 6.07 Å². The first-order valence-electron chi connectivity index (χ1n) is 5.59. The molecule has 1 heterocycles. The molecular formula is C13H17F2N. The van der Waals surface area contributed by atoms with Gasteiger partial charge in [-0.3, -0.25) is 4.72 Å². The molecule has 3 heteroatoms. The summed E-state index contributed by atoms with van der Waals surface area (Å²) in [5.41, 5.74) is 2.40. The van der Waals surface area contributed by atoms with Gasteiger partial charge in [-0.1, -0.05) is 20.8 Å². The van der Waals surface area contributed by atoms with Crippen molar-refractivity contribution in [1.82, 2.24) is 4.98 Å². The third-order valence-electron chi connectivity index (χ3n) is 2.45. The van der Waals surface area contributed by atoms with Crippen LogP contribution in [0.3, 0.4) is 0 Å². The second kappa shape index (κ2) is 4.24. The van der Waals surface area contributed by atoms with E-state index in [1.165, 1.54) is 11.6 Å². The quantitative estimate of drug-likeness (QED) is 0.755. The molecule has 0 unspecified atom stereocenters. The van der Waals surface area contributed by atoms with Crippen LogP contribution in [0.25, 0.3) is 10.9 Å². The lowest BCUT2D eigenvalue weighted by Crippen LogP contribution is -2.08. The van der Waals surface area contributed by atoms with E-state index in [1.807, 2.05) is 12.3 Å². The van der Waals surface area contributed by atoms with Crippen molar-refractivity contribution in [2.75, 3.05) is 0 Å². The van der Waals surface area contributed by atoms with E-state index in [0.717, 1.165) is 17.3 Å². The van der Waals surface area contributed by atoms with Crippen molar-refractivity contribution in [2.24, 2.45) is 5.41 Å². The van der Waals surface area contributed by atoms with E-state index >= 15 is 0 Å². The largest absolute Gasteiger partial charge is 0.361 e. The summed E-state index contributed by atoms with van der Waals surface area (Å²) in [6, 6.07) is 4.91. The molecular weight excluding hydrogens is 208 g/mol. The van der Waals surface area contributed by atoms with Crippen LogP contribution in [-0.4, -0.2) is 6.43 Å². The van der Waals surface area contributed by atoms with Crippen LogP contribution >= 0.6 is 0 Å². The molecule has 2 aromatic rings. The van der Waals surface area contributed by atoms with Crippen molar-refractivity contribution < 1.29 is 9.11 Å². The van der Waals surface area contributed by atoms with E-state index in [2.05, 4.69) is 27.2 Å². The Morgan fingerprint density at radius 2 is 2.06 bits per heavy atom. The lowest BCUT2D eigenvalue weighted by atomic mass is 9.88. The number of nitrogens with one attached hydrogen (secondary N) is 1. The third kappa shape index (κ3) is 2.60. The fourth-order valence-corrected chi connectivity index (χ4v) is 1.88. The number of aromatic amines is 1. The number of hydrogen-bond donors (Lipinski definition) is 1. The molecule has 1 N–H and O–H groups in total. The molecule has 0 radical (unpaired) electrons. The maximum atomic E-state index is 13.0. The number of H-pyrrole nitrogens is 1. The highest BCUT2D eigenvalue weighted by atomic mass is 19.1. The number of benzene rings is 1. The van der Waals surface area contributed by atoms with Crippen LogP contribution in [0.2, 0.25) is 0 Å². The van der Waals surface area contributed by atoms with E-state index in [-0.39, 0.29) is 11.2 Å². The van der Waals surface area contributed by atoms with Crippen LogP contribution in [0.4, 0.5) is 9.11 Å². The van der Waals surface area contributed by atoms with Gasteiger partial charge in [0.25, 0.3) is 1.45 Å². The molecule has 1 aromatic heterocycles. The van der Waals surface area contributed by atoms with Gasteiger partial charge in [0.1, 0.15) is 5.82 Å². The van der Waals surface area contributed by atoms with Crippen molar-refractivity contribution in [3.63, 3.8) is 0 Å². The summed E-state index contributed by atoms with van der Waals surface area (Å²) >= 11 is 0. The number of rotatable bonds is 1. The SMILES string of the molecule is CC(C)(C)Cc1c[nH]c2cc(F)ccc12.[2H]F. The van der Waals surface area contributed by atoms with Crippen LogP contribution in [0.1, 0.15) is 26.3 Å². The number of aromatic nitrogens is 1. The normalized spacial score (nSPS) is 11.9. The average molecular weight is 226 g/mol. The van der Waals surface area contributed by atoms with Crippen molar-refractivity contribution >= 4 is 10.9 Å². The Labute approximate surface area is 95.6 Å². The van der Waals surface area contributed by atoms with Crippen LogP contribution in [-0.2, 0) is 6.42 Å². The predicted molar refractivity (Wildman–Crippen MR) is 63.9 cm³/mol. The van der Waals surface area contributed by atoms with Gasteiger partial charge >= 0.3 is 0 Å². The lowest BCUT2D eigenvalue weighted by Gasteiger charge is -2.17. The predicted octanol–water partition coefficient (Wildman–Crippen LogP) is 4.05. The molecule has 0 bridgehead atoms. The molecule has 0 aliphatic carbocycles. The van der Waals surface area contributed by atoms with Gasteiger partial charge in [-0.15, -0.1) is 0 Å². The Morgan fingerprint density at radius 1 is 1.38 bits per heavy atom. The lowest BCUT2D eigenvalue weighted by molar-refractivity contribution is 0.412. The Hall–Kier alpha value is -1.38. The topological polar surface area (TPSA) is 15.8 Å². The first-order valence-corrected chi connectivity index (χ1v) is 5.21. The molecule has 2 rings (SSSR count). The maximum absolute atomic E-state index is 13.0. The van der Waals surface area contributed by atoms with Gasteiger partial charge in [-0.25, -0.2) is 4.39 Å². The molecule has 0 atom stereocenters. The Kier molecular flexibility index (Phi) is 2.95. The number of hydrogen-bond acceptors (Lipinski definition) is 0. The van der Waals surface area contributed by atoms with Gasteiger partial charge in [0.05, 0.1) is 0 Å². The first kappa shape index (κ1) is 11.1. The highest BCUT2D eigenvalue weighted by Gasteiger charge is 2.14. The van der Waals surface area contributed by atoms with Gasteiger partial charge in [0.15, 0.2) is 0 Å². The molecule has 0 saturated carbocycles. The average Bonchev–Trinajstić information content (AvgIpc) is 2.61. The molecule has 0 spiro atoms. The highest BCUT2D eigenvalue weighted by molar-refractivity contribution is 5.83. The molecule has 16 heavy (non-hydrogen) atoms. The summed E-state index contributed by atoms with van der Waals surface area (Å²) < 4.78 is 26.0. The van der Waals surface area contributed by atoms with Crippen molar-refractivity contribution in [3.05, 3.63) is 35.8 Å². The molecule has 0 saturated heterocycles. The zero-order valence-electron chi connectivity index (χ0n) is 10.8. The summed E-state index contributed by atoms with van der Waals surface area (Å²) in [5, 5.41) is 1.13. The first-order chi connectivity index (χ1) is 7.96. The van der Waals surface area contributed by atoms with Crippen LogP contribution in [0.5, 0.6) is 0 Å². The number of fused-ring (bicyclic) bond motifs is 1. The fourth-order valence-electron chi connectivity index (χ4n) is 1.88. The summed E-state index contributed by atoms with van der Waals surface area (Å²) in [4.78, 5) is 3.11. The van der Waals surface area contributed by atoms with Crippen molar-refractivity contribution in [3.8, 4) is 0 Å². The summed E-state index contributed by atoms with van der Waals surface area (Å²) in [6.07, 6.45) is 2.98. The van der Waals surface area contributed by atoms with E-state index in [4.69, 9.17) is 4.72 Å². The van der Waals surface area contributed by atoms with E-state index in [0.29, 0.717) is 0 Å². The number of halogens is 2. The standard InChI is InChI=1S/C13H16FN.FH/c1-13(2,3)7-9-8-15-12-6-10(14)4-5-11(9)12;/h4-6,8,15H,7H2,1-3H3;1H/i/hD. The monoisotopic (exact) mass is 226 g/mol. The molecule has 0 aliphatic rings. The Balaban J connectivity index is 0.000000686. The summed E-state index contributed by atoms with van der Waals surface area (Å²) in [5.74, 6) is -0.188. The van der Waals surface area contributed by atoms with Crippen LogP contribution in [0.15, 0.2) is 24.4 Å². The molecule has 0 fully saturated rings. The second-order valence-corrected chi connectivity index (χ2v) is 5.24. The highest BCUT2D eigenvalue weighted by Crippen LogP contribution is 2.26. The molecule has 88 valence electrons. The maximum Gasteiger partial charge on any atom is 0.269 e. The van der Waals surface area contributed by atoms with Gasteiger partial charge in [-0.05, 0) is 35.6 Å². The van der Waals surface area contributed by atoms with Gasteiger partial charge in [0.2, 0.25) is 0 Å². The molecule has 0 aliphatic heterocycles. The minimum Gasteiger partial charge on any atom is -0.361 e. The Morgan fingerprint density at radius 3 is 2.69 bits per heavy atom. The van der Waals surface area contributed by atoms with Crippen molar-refractivity contribution in [1.29, 1.82) is 1.45 Å². The van der Waals surface area contributed by atoms with Gasteiger partial charge in [-0.2, -0.15) is 0 Å². The smallest absolute Gasteiger partial charge is 0.269 e. The van der Waals surface area contributed by atoms with Gasteiger partial charge in [0, 0.05) is 17.1 Å². The van der Waals surface area contributed by atoms with E-state index in [9.17, 15) is 4.39 Å². The van der Waals surface area contributed by atoms with Gasteiger partial charge < -0.3 is 4.98 Å². The minimum atomic E-state index is -0.188. The second-order valence-electron chi connectivity index (χ2n) is 5.24. The molecule has 0 amide bonds. The zero-order chi connectivity index (χ0) is 13.1. The molecule has 1 aromatic carbocycles. The minimum absolute atomic E-state index is 0.188. The Bertz CT molecular complexity index is 486. The summed E-state index contributed by atoms with van der Waals surface area (Å²) in [7, 11) is 0. The zero-order valence-corrected chi connectivity index (χ0v) is 9.77. The van der Waals surface area contributed by atoms with Crippen LogP contribution in [0, 0.1) is 11.2 Å². The summed E-state index contributed by atoms with van der Waals surface area (Å²) in [6.45, 7) is 6.61. The molecule has 1 nitrogen and oxygen atoms in total. The third-order valence-corrected chi connectivity index (χ3v) is 2.45. The van der Waals surface area contributed by atoms with Crippen molar-refractivity contribution in [2.45, 2.75) is 27.2 Å².